The summed E-state index contributed by atoms with van der Waals surface area (Å²) in [4.78, 5) is 13.9. The Morgan fingerprint density at radius 2 is 2.10 bits per heavy atom. The molecule has 1 aliphatic rings. The minimum absolute atomic E-state index is 0.00135. The fourth-order valence-corrected chi connectivity index (χ4v) is 2.25. The molecule has 0 radical (unpaired) electrons. The smallest absolute Gasteiger partial charge is 0.263 e. The van der Waals surface area contributed by atoms with Crippen molar-refractivity contribution in [3.8, 4) is 0 Å². The summed E-state index contributed by atoms with van der Waals surface area (Å²) >= 11 is 0. The number of rotatable bonds is 5. The van der Waals surface area contributed by atoms with Gasteiger partial charge >= 0.3 is 0 Å². The maximum atomic E-state index is 12.6. The summed E-state index contributed by atoms with van der Waals surface area (Å²) in [5.41, 5.74) is 0.746. The van der Waals surface area contributed by atoms with E-state index in [-0.39, 0.29) is 17.5 Å². The number of halogens is 2. The van der Waals surface area contributed by atoms with Crippen molar-refractivity contribution in [2.75, 3.05) is 26.3 Å². The maximum Gasteiger partial charge on any atom is 0.263 e. The van der Waals surface area contributed by atoms with Crippen LogP contribution in [0.1, 0.15) is 24.5 Å². The number of carbonyl (C=O) groups excluding carboxylic acids is 1. The Bertz CT molecular complexity index is 476. The molecule has 21 heavy (non-hydrogen) atoms. The largest absolute Gasteiger partial charge is 0.378 e. The molecule has 1 aliphatic heterocycles. The molecule has 1 N–H and O–H groups in total. The van der Waals surface area contributed by atoms with Crippen molar-refractivity contribution < 1.29 is 18.3 Å². The average molecular weight is 298 g/mol. The minimum atomic E-state index is -2.47. The molecule has 1 unspecified atom stereocenters. The molecule has 1 aromatic carbocycles. The van der Waals surface area contributed by atoms with Crippen molar-refractivity contribution in [2.45, 2.75) is 25.9 Å². The Labute approximate surface area is 123 Å². The summed E-state index contributed by atoms with van der Waals surface area (Å²) in [6, 6.07) is 5.89. The molecule has 6 heteroatoms. The van der Waals surface area contributed by atoms with Gasteiger partial charge in [-0.1, -0.05) is 18.2 Å². The summed E-state index contributed by atoms with van der Waals surface area (Å²) in [7, 11) is 0. The molecule has 1 aromatic rings. The normalized spacial score (nSPS) is 17.0. The molecule has 0 aliphatic carbocycles. The van der Waals surface area contributed by atoms with E-state index in [1.807, 2.05) is 0 Å². The van der Waals surface area contributed by atoms with E-state index in [9.17, 15) is 13.6 Å². The van der Waals surface area contributed by atoms with Crippen molar-refractivity contribution in [1.29, 1.82) is 0 Å². The third kappa shape index (κ3) is 4.47. The van der Waals surface area contributed by atoms with Gasteiger partial charge in [-0.3, -0.25) is 4.79 Å². The predicted octanol–water partition coefficient (Wildman–Crippen LogP) is 1.96. The van der Waals surface area contributed by atoms with Crippen molar-refractivity contribution in [3.63, 3.8) is 0 Å². The fraction of sp³-hybridized carbons (Fsp3) is 0.533. The lowest BCUT2D eigenvalue weighted by molar-refractivity contribution is -0.137. The first-order chi connectivity index (χ1) is 10.1. The van der Waals surface area contributed by atoms with E-state index in [2.05, 4.69) is 5.32 Å². The molecule has 0 bridgehead atoms. The third-order valence-corrected chi connectivity index (χ3v) is 3.51. The van der Waals surface area contributed by atoms with E-state index >= 15 is 0 Å². The zero-order chi connectivity index (χ0) is 15.2. The van der Waals surface area contributed by atoms with Crippen LogP contribution in [0.25, 0.3) is 0 Å². The molecule has 0 aromatic heterocycles. The van der Waals surface area contributed by atoms with Gasteiger partial charge in [-0.25, -0.2) is 8.78 Å². The Morgan fingerprint density at radius 1 is 1.38 bits per heavy atom. The highest BCUT2D eigenvalue weighted by molar-refractivity contribution is 5.81. The highest BCUT2D eigenvalue weighted by Gasteiger charge is 2.21. The lowest BCUT2D eigenvalue weighted by Gasteiger charge is -2.29. The van der Waals surface area contributed by atoms with Crippen LogP contribution in [0.2, 0.25) is 0 Å². The number of morpholine rings is 1. The Kier molecular flexibility index (Phi) is 5.64. The van der Waals surface area contributed by atoms with Crippen LogP contribution >= 0.6 is 0 Å². The molecule has 116 valence electrons. The highest BCUT2D eigenvalue weighted by Crippen LogP contribution is 2.19. The molecule has 1 fully saturated rings. The van der Waals surface area contributed by atoms with Crippen LogP contribution in [0.3, 0.4) is 0 Å². The lowest BCUT2D eigenvalue weighted by Crippen LogP contribution is -2.49. The number of ether oxygens (including phenoxy) is 1. The highest BCUT2D eigenvalue weighted by atomic mass is 19.3. The summed E-state index contributed by atoms with van der Waals surface area (Å²) in [6.45, 7) is 4.51. The molecule has 4 nitrogen and oxygen atoms in total. The minimum Gasteiger partial charge on any atom is -0.378 e. The first kappa shape index (κ1) is 15.9. The molecular weight excluding hydrogens is 278 g/mol. The van der Waals surface area contributed by atoms with E-state index < -0.39 is 6.43 Å². The van der Waals surface area contributed by atoms with Crippen LogP contribution in [0.5, 0.6) is 0 Å². The van der Waals surface area contributed by atoms with Gasteiger partial charge in [0, 0.05) is 25.2 Å². The molecule has 1 heterocycles. The van der Waals surface area contributed by atoms with Gasteiger partial charge in [0.15, 0.2) is 0 Å². The van der Waals surface area contributed by atoms with Crippen LogP contribution in [-0.4, -0.2) is 43.2 Å². The van der Waals surface area contributed by atoms with Gasteiger partial charge in [0.2, 0.25) is 5.91 Å². The van der Waals surface area contributed by atoms with Crippen molar-refractivity contribution in [2.24, 2.45) is 0 Å². The SMILES string of the molecule is CC(NCc1cccc(C(F)F)c1)C(=O)N1CCOCC1. The van der Waals surface area contributed by atoms with E-state index in [0.29, 0.717) is 32.8 Å². The van der Waals surface area contributed by atoms with E-state index in [4.69, 9.17) is 4.74 Å². The van der Waals surface area contributed by atoms with Gasteiger partial charge in [0.05, 0.1) is 19.3 Å². The van der Waals surface area contributed by atoms with Gasteiger partial charge in [0.1, 0.15) is 0 Å². The average Bonchev–Trinajstić information content (AvgIpc) is 2.53. The van der Waals surface area contributed by atoms with Crippen LogP contribution in [0.4, 0.5) is 8.78 Å². The fourth-order valence-electron chi connectivity index (χ4n) is 2.25. The van der Waals surface area contributed by atoms with Crippen molar-refractivity contribution >= 4 is 5.91 Å². The quantitative estimate of drug-likeness (QED) is 0.903. The van der Waals surface area contributed by atoms with Crippen LogP contribution in [0, 0.1) is 0 Å². The molecule has 1 amide bonds. The monoisotopic (exact) mass is 298 g/mol. The van der Waals surface area contributed by atoms with Gasteiger partial charge in [0.25, 0.3) is 6.43 Å². The van der Waals surface area contributed by atoms with Gasteiger partial charge in [-0.05, 0) is 18.6 Å². The van der Waals surface area contributed by atoms with Gasteiger partial charge in [-0.2, -0.15) is 0 Å². The molecule has 1 atom stereocenters. The second-order valence-electron chi connectivity index (χ2n) is 5.09. The number of benzene rings is 1. The molecule has 0 saturated carbocycles. The van der Waals surface area contributed by atoms with Gasteiger partial charge in [-0.15, -0.1) is 0 Å². The zero-order valence-corrected chi connectivity index (χ0v) is 12.0. The summed E-state index contributed by atoms with van der Waals surface area (Å²) in [6.07, 6.45) is -2.47. The van der Waals surface area contributed by atoms with Gasteiger partial charge < -0.3 is 15.0 Å². The Balaban J connectivity index is 1.86. The number of alkyl halides is 2. The Morgan fingerprint density at radius 3 is 2.76 bits per heavy atom. The maximum absolute atomic E-state index is 12.6. The van der Waals surface area contributed by atoms with Crippen molar-refractivity contribution in [1.82, 2.24) is 10.2 Å². The first-order valence-electron chi connectivity index (χ1n) is 7.05. The van der Waals surface area contributed by atoms with Crippen molar-refractivity contribution in [3.05, 3.63) is 35.4 Å². The third-order valence-electron chi connectivity index (χ3n) is 3.51. The zero-order valence-electron chi connectivity index (χ0n) is 12.0. The number of nitrogens with one attached hydrogen (secondary N) is 1. The van der Waals surface area contributed by atoms with E-state index in [1.54, 1.807) is 24.0 Å². The Hall–Kier alpha value is -1.53. The number of hydrogen-bond acceptors (Lipinski definition) is 3. The first-order valence-corrected chi connectivity index (χ1v) is 7.05. The van der Waals surface area contributed by atoms with E-state index in [0.717, 1.165) is 5.56 Å². The second kappa shape index (κ2) is 7.47. The molecule has 2 rings (SSSR count). The molecular formula is C15H20F2N2O2. The predicted molar refractivity (Wildman–Crippen MR) is 75.1 cm³/mol. The second-order valence-corrected chi connectivity index (χ2v) is 5.09. The molecule has 0 spiro atoms. The number of carbonyl (C=O) groups is 1. The summed E-state index contributed by atoms with van der Waals surface area (Å²) in [5, 5.41) is 3.09. The van der Waals surface area contributed by atoms with Crippen LogP contribution in [-0.2, 0) is 16.1 Å². The van der Waals surface area contributed by atoms with Crippen LogP contribution < -0.4 is 5.32 Å². The summed E-state index contributed by atoms with van der Waals surface area (Å²) in [5.74, 6) is 0.0170. The van der Waals surface area contributed by atoms with E-state index in [1.165, 1.54) is 12.1 Å². The van der Waals surface area contributed by atoms with Crippen LogP contribution in [0.15, 0.2) is 24.3 Å². The number of nitrogens with zero attached hydrogens (tertiary/aromatic N) is 1. The topological polar surface area (TPSA) is 41.6 Å². The summed E-state index contributed by atoms with van der Waals surface area (Å²) < 4.78 is 30.5. The standard InChI is InChI=1S/C15H20F2N2O2/c1-11(15(20)19-5-7-21-8-6-19)18-10-12-3-2-4-13(9-12)14(16)17/h2-4,9,11,14,18H,5-8,10H2,1H3. The lowest BCUT2D eigenvalue weighted by atomic mass is 10.1. The number of hydrogen-bond donors (Lipinski definition) is 1. The molecule has 1 saturated heterocycles. The number of amides is 1.